The zero-order chi connectivity index (χ0) is 16.5. The number of piperazine rings is 1. The van der Waals surface area contributed by atoms with Crippen molar-refractivity contribution in [3.8, 4) is 0 Å². The first-order valence-electron chi connectivity index (χ1n) is 7.55. The molecule has 1 aliphatic heterocycles. The van der Waals surface area contributed by atoms with Gasteiger partial charge in [0.15, 0.2) is 5.78 Å². The molecule has 0 bridgehead atoms. The van der Waals surface area contributed by atoms with Crippen molar-refractivity contribution in [2.75, 3.05) is 24.5 Å². The van der Waals surface area contributed by atoms with Crippen molar-refractivity contribution in [3.05, 3.63) is 29.8 Å². The van der Waals surface area contributed by atoms with Crippen LogP contribution in [0.25, 0.3) is 0 Å². The molecular weight excluding hydrogens is 280 g/mol. The lowest BCUT2D eigenvalue weighted by atomic mass is 9.84. The van der Waals surface area contributed by atoms with Gasteiger partial charge < -0.3 is 14.9 Å². The van der Waals surface area contributed by atoms with Gasteiger partial charge in [0.2, 0.25) is 0 Å². The monoisotopic (exact) mass is 304 g/mol. The number of Topliss-reactive ketones (excluding diaryl/α,β-unsaturated/α-hetero) is 1. The van der Waals surface area contributed by atoms with Crippen molar-refractivity contribution in [1.29, 1.82) is 0 Å². The van der Waals surface area contributed by atoms with Gasteiger partial charge in [-0.3, -0.25) is 4.79 Å². The zero-order valence-electron chi connectivity index (χ0n) is 13.7. The van der Waals surface area contributed by atoms with Gasteiger partial charge in [-0.2, -0.15) is 0 Å². The Morgan fingerprint density at radius 1 is 1.23 bits per heavy atom. The summed E-state index contributed by atoms with van der Waals surface area (Å²) in [5.74, 6) is 0.0402. The molecule has 1 aromatic carbocycles. The number of hydrogen-bond donors (Lipinski definition) is 1. The van der Waals surface area contributed by atoms with Crippen LogP contribution in [0.3, 0.4) is 0 Å². The van der Waals surface area contributed by atoms with E-state index in [4.69, 9.17) is 0 Å². The van der Waals surface area contributed by atoms with E-state index in [-0.39, 0.29) is 17.2 Å². The van der Waals surface area contributed by atoms with E-state index in [0.717, 1.165) is 5.69 Å². The normalized spacial score (nSPS) is 19.2. The van der Waals surface area contributed by atoms with Crippen LogP contribution in [-0.2, 0) is 0 Å². The minimum Gasteiger partial charge on any atom is -0.465 e. The quantitative estimate of drug-likeness (QED) is 0.853. The van der Waals surface area contributed by atoms with E-state index in [1.54, 1.807) is 13.0 Å². The third-order valence-electron chi connectivity index (χ3n) is 4.24. The number of anilines is 1. The lowest BCUT2D eigenvalue weighted by molar-refractivity contribution is 0.0748. The van der Waals surface area contributed by atoms with Crippen molar-refractivity contribution in [1.82, 2.24) is 4.90 Å². The van der Waals surface area contributed by atoms with Gasteiger partial charge in [0.1, 0.15) is 0 Å². The van der Waals surface area contributed by atoms with Crippen molar-refractivity contribution in [2.45, 2.75) is 33.7 Å². The van der Waals surface area contributed by atoms with Crippen LogP contribution in [0, 0.1) is 5.41 Å². The zero-order valence-corrected chi connectivity index (χ0v) is 13.7. The van der Waals surface area contributed by atoms with Crippen LogP contribution in [0.4, 0.5) is 10.5 Å². The third-order valence-corrected chi connectivity index (χ3v) is 4.24. The molecule has 1 heterocycles. The highest BCUT2D eigenvalue weighted by Crippen LogP contribution is 2.30. The van der Waals surface area contributed by atoms with Gasteiger partial charge >= 0.3 is 6.09 Å². The van der Waals surface area contributed by atoms with Crippen LogP contribution in [-0.4, -0.2) is 47.6 Å². The maximum Gasteiger partial charge on any atom is 0.407 e. The molecule has 120 valence electrons. The molecular formula is C17H24N2O3. The SMILES string of the molecule is CC(=O)c1cccc(N2CCN(C(=O)O)C(C(C)(C)C)C2)c1. The Hall–Kier alpha value is -2.04. The molecule has 0 saturated carbocycles. The summed E-state index contributed by atoms with van der Waals surface area (Å²) in [7, 11) is 0. The van der Waals surface area contributed by atoms with Crippen LogP contribution >= 0.6 is 0 Å². The summed E-state index contributed by atoms with van der Waals surface area (Å²) in [6.07, 6.45) is -0.864. The van der Waals surface area contributed by atoms with Gasteiger partial charge in [-0.25, -0.2) is 4.79 Å². The van der Waals surface area contributed by atoms with Crippen LogP contribution in [0.1, 0.15) is 38.1 Å². The molecule has 0 spiro atoms. The molecule has 1 aromatic rings. The first-order chi connectivity index (χ1) is 10.2. The molecule has 5 heteroatoms. The molecule has 0 aromatic heterocycles. The predicted octanol–water partition coefficient (Wildman–Crippen LogP) is 3.10. The number of carboxylic acid groups (broad SMARTS) is 1. The van der Waals surface area contributed by atoms with Gasteiger partial charge in [0, 0.05) is 30.9 Å². The fourth-order valence-corrected chi connectivity index (χ4v) is 2.91. The molecule has 1 amide bonds. The van der Waals surface area contributed by atoms with Crippen molar-refractivity contribution in [3.63, 3.8) is 0 Å². The summed E-state index contributed by atoms with van der Waals surface area (Å²) in [5.41, 5.74) is 1.52. The summed E-state index contributed by atoms with van der Waals surface area (Å²) in [6, 6.07) is 7.46. The molecule has 1 N–H and O–H groups in total. The van der Waals surface area contributed by atoms with E-state index in [2.05, 4.69) is 25.7 Å². The summed E-state index contributed by atoms with van der Waals surface area (Å²) in [4.78, 5) is 26.7. The van der Waals surface area contributed by atoms with Crippen molar-refractivity contribution < 1.29 is 14.7 Å². The molecule has 5 nitrogen and oxygen atoms in total. The molecule has 0 aliphatic carbocycles. The topological polar surface area (TPSA) is 60.9 Å². The predicted molar refractivity (Wildman–Crippen MR) is 86.6 cm³/mol. The highest BCUT2D eigenvalue weighted by molar-refractivity contribution is 5.95. The fraction of sp³-hybridized carbons (Fsp3) is 0.529. The number of carbonyl (C=O) groups excluding carboxylic acids is 1. The van der Waals surface area contributed by atoms with Crippen molar-refractivity contribution >= 4 is 17.6 Å². The van der Waals surface area contributed by atoms with E-state index in [1.165, 1.54) is 4.90 Å². The number of rotatable bonds is 2. The maximum atomic E-state index is 11.5. The highest BCUT2D eigenvalue weighted by atomic mass is 16.4. The number of carbonyl (C=O) groups is 2. The van der Waals surface area contributed by atoms with Gasteiger partial charge in [0.25, 0.3) is 0 Å². The molecule has 1 saturated heterocycles. The second kappa shape index (κ2) is 5.99. The Morgan fingerprint density at radius 2 is 1.91 bits per heavy atom. The fourth-order valence-electron chi connectivity index (χ4n) is 2.91. The number of ketones is 1. The third kappa shape index (κ3) is 3.40. The number of amides is 1. The van der Waals surface area contributed by atoms with E-state index in [9.17, 15) is 14.7 Å². The smallest absolute Gasteiger partial charge is 0.407 e. The Morgan fingerprint density at radius 3 is 2.45 bits per heavy atom. The standard InChI is InChI=1S/C17H24N2O3/c1-12(20)13-6-5-7-14(10-13)18-8-9-19(16(21)22)15(11-18)17(2,3)4/h5-7,10,15H,8-9,11H2,1-4H3,(H,21,22). The lowest BCUT2D eigenvalue weighted by Gasteiger charge is -2.46. The van der Waals surface area contributed by atoms with Crippen LogP contribution in [0.2, 0.25) is 0 Å². The number of benzene rings is 1. The summed E-state index contributed by atoms with van der Waals surface area (Å²) in [5, 5.41) is 9.41. The molecule has 1 fully saturated rings. The Labute approximate surface area is 131 Å². The summed E-state index contributed by atoms with van der Waals surface area (Å²) >= 11 is 0. The van der Waals surface area contributed by atoms with Gasteiger partial charge in [0.05, 0.1) is 6.04 Å². The van der Waals surface area contributed by atoms with E-state index < -0.39 is 6.09 Å². The number of nitrogens with zero attached hydrogens (tertiary/aromatic N) is 2. The van der Waals surface area contributed by atoms with Gasteiger partial charge in [-0.1, -0.05) is 32.9 Å². The van der Waals surface area contributed by atoms with Crippen LogP contribution in [0.5, 0.6) is 0 Å². The lowest BCUT2D eigenvalue weighted by Crippen LogP contribution is -2.59. The first-order valence-corrected chi connectivity index (χ1v) is 7.55. The van der Waals surface area contributed by atoms with Crippen LogP contribution in [0.15, 0.2) is 24.3 Å². The molecule has 0 radical (unpaired) electrons. The summed E-state index contributed by atoms with van der Waals surface area (Å²) < 4.78 is 0. The van der Waals surface area contributed by atoms with E-state index in [1.807, 2.05) is 18.2 Å². The van der Waals surface area contributed by atoms with Gasteiger partial charge in [-0.05, 0) is 24.5 Å². The van der Waals surface area contributed by atoms with E-state index >= 15 is 0 Å². The number of hydrogen-bond acceptors (Lipinski definition) is 3. The van der Waals surface area contributed by atoms with Crippen molar-refractivity contribution in [2.24, 2.45) is 5.41 Å². The minimum atomic E-state index is -0.864. The average molecular weight is 304 g/mol. The molecule has 1 atom stereocenters. The maximum absolute atomic E-state index is 11.5. The average Bonchev–Trinajstić information content (AvgIpc) is 2.45. The largest absolute Gasteiger partial charge is 0.465 e. The molecule has 22 heavy (non-hydrogen) atoms. The minimum absolute atomic E-state index is 0.0402. The van der Waals surface area contributed by atoms with Crippen LogP contribution < -0.4 is 4.90 Å². The molecule has 1 unspecified atom stereocenters. The van der Waals surface area contributed by atoms with E-state index in [0.29, 0.717) is 25.2 Å². The first kappa shape index (κ1) is 16.3. The highest BCUT2D eigenvalue weighted by Gasteiger charge is 2.38. The second-order valence-corrected chi connectivity index (χ2v) is 6.91. The molecule has 1 aliphatic rings. The summed E-state index contributed by atoms with van der Waals surface area (Å²) in [6.45, 7) is 9.48. The molecule has 2 rings (SSSR count). The Balaban J connectivity index is 2.26. The second-order valence-electron chi connectivity index (χ2n) is 6.91. The van der Waals surface area contributed by atoms with Gasteiger partial charge in [-0.15, -0.1) is 0 Å². The Bertz CT molecular complexity index is 578. The Kier molecular flexibility index (Phi) is 4.44.